The molecule has 1 fully saturated rings. The second kappa shape index (κ2) is 6.43. The Balaban J connectivity index is 2.27. The minimum absolute atomic E-state index is 0.0650. The number of rotatable bonds is 5. The van der Waals surface area contributed by atoms with Crippen LogP contribution in [0.2, 0.25) is 0 Å². The fourth-order valence-corrected chi connectivity index (χ4v) is 4.19. The molecule has 1 aliphatic carbocycles. The van der Waals surface area contributed by atoms with Gasteiger partial charge in [0, 0.05) is 17.6 Å². The Kier molecular flexibility index (Phi) is 5.03. The van der Waals surface area contributed by atoms with E-state index in [0.29, 0.717) is 10.9 Å². The maximum Gasteiger partial charge on any atom is 0.336 e. The van der Waals surface area contributed by atoms with E-state index in [1.165, 1.54) is 12.1 Å². The Morgan fingerprint density at radius 3 is 2.76 bits per heavy atom. The topological polar surface area (TPSA) is 92.7 Å². The highest BCUT2D eigenvalue weighted by Crippen LogP contribution is 2.25. The van der Waals surface area contributed by atoms with Crippen molar-refractivity contribution in [1.29, 1.82) is 0 Å². The number of carbonyl (C=O) groups is 1. The first kappa shape index (κ1) is 16.4. The lowest BCUT2D eigenvalue weighted by molar-refractivity contribution is 0.0695. The zero-order valence-corrected chi connectivity index (χ0v) is 13.8. The van der Waals surface area contributed by atoms with Crippen molar-refractivity contribution in [2.24, 2.45) is 0 Å². The van der Waals surface area contributed by atoms with Gasteiger partial charge in [-0.2, -0.15) is 0 Å². The van der Waals surface area contributed by atoms with Gasteiger partial charge in [0.2, 0.25) is 10.0 Å². The first-order chi connectivity index (χ1) is 9.85. The summed E-state index contributed by atoms with van der Waals surface area (Å²) in [4.78, 5) is 11.0. The molecule has 0 aromatic heterocycles. The van der Waals surface area contributed by atoms with Gasteiger partial charge < -0.3 is 9.84 Å². The summed E-state index contributed by atoms with van der Waals surface area (Å²) >= 11 is 3.09. The van der Waals surface area contributed by atoms with Gasteiger partial charge in [-0.3, -0.25) is 0 Å². The van der Waals surface area contributed by atoms with Gasteiger partial charge in [0.15, 0.2) is 0 Å². The molecular weight excluding hydrogens is 362 g/mol. The van der Waals surface area contributed by atoms with Gasteiger partial charge in [-0.1, -0.05) is 0 Å². The van der Waals surface area contributed by atoms with E-state index in [-0.39, 0.29) is 22.6 Å². The van der Waals surface area contributed by atoms with Crippen molar-refractivity contribution in [3.63, 3.8) is 0 Å². The Bertz CT molecular complexity index is 646. The van der Waals surface area contributed by atoms with E-state index in [2.05, 4.69) is 20.7 Å². The second-order valence-electron chi connectivity index (χ2n) is 4.88. The van der Waals surface area contributed by atoms with E-state index >= 15 is 0 Å². The third-order valence-corrected chi connectivity index (χ3v) is 5.72. The van der Waals surface area contributed by atoms with Crippen LogP contribution in [0.3, 0.4) is 0 Å². The molecule has 0 spiro atoms. The predicted octanol–water partition coefficient (Wildman–Crippen LogP) is 1.99. The van der Waals surface area contributed by atoms with Gasteiger partial charge in [-0.15, -0.1) is 0 Å². The summed E-state index contributed by atoms with van der Waals surface area (Å²) in [7, 11) is -2.22. The summed E-state index contributed by atoms with van der Waals surface area (Å²) in [6.07, 6.45) is 2.27. The largest absolute Gasteiger partial charge is 0.478 e. The molecule has 2 rings (SSSR count). The van der Waals surface area contributed by atoms with Crippen LogP contribution in [0, 0.1) is 0 Å². The van der Waals surface area contributed by atoms with E-state index in [4.69, 9.17) is 9.84 Å². The summed E-state index contributed by atoms with van der Waals surface area (Å²) in [6, 6.07) is 3.65. The van der Waals surface area contributed by atoms with Crippen LogP contribution in [0.1, 0.15) is 29.6 Å². The Hall–Kier alpha value is -0.960. The molecule has 21 heavy (non-hydrogen) atoms. The van der Waals surface area contributed by atoms with Crippen LogP contribution >= 0.6 is 15.9 Å². The summed E-state index contributed by atoms with van der Waals surface area (Å²) in [6.45, 7) is 0. The molecule has 1 aromatic rings. The smallest absolute Gasteiger partial charge is 0.336 e. The van der Waals surface area contributed by atoms with Crippen molar-refractivity contribution in [3.05, 3.63) is 28.2 Å². The van der Waals surface area contributed by atoms with Crippen LogP contribution in [0.15, 0.2) is 27.6 Å². The van der Waals surface area contributed by atoms with Gasteiger partial charge in [-0.05, 0) is 53.4 Å². The third kappa shape index (κ3) is 3.63. The highest BCUT2D eigenvalue weighted by atomic mass is 79.9. The molecular formula is C13H16BrNO5S. The quantitative estimate of drug-likeness (QED) is 0.818. The number of hydrogen-bond donors (Lipinski definition) is 2. The molecule has 0 heterocycles. The number of carboxylic acids is 1. The maximum atomic E-state index is 12.4. The van der Waals surface area contributed by atoms with E-state index in [0.717, 1.165) is 18.9 Å². The van der Waals surface area contributed by atoms with Crippen molar-refractivity contribution in [2.45, 2.75) is 36.3 Å². The van der Waals surface area contributed by atoms with Crippen LogP contribution < -0.4 is 4.72 Å². The summed E-state index contributed by atoms with van der Waals surface area (Å²) in [5.41, 5.74) is -0.0902. The normalized spacial score (nSPS) is 22.4. The Morgan fingerprint density at radius 1 is 1.43 bits per heavy atom. The lowest BCUT2D eigenvalue weighted by Crippen LogP contribution is -2.40. The molecule has 0 saturated heterocycles. The molecule has 2 atom stereocenters. The average molecular weight is 378 g/mol. The average Bonchev–Trinajstić information content (AvgIpc) is 2.85. The Labute approximate surface area is 131 Å². The van der Waals surface area contributed by atoms with E-state index in [1.54, 1.807) is 7.11 Å². The maximum absolute atomic E-state index is 12.4. The molecule has 0 amide bonds. The number of ether oxygens (including phenoxy) is 1. The van der Waals surface area contributed by atoms with Crippen molar-refractivity contribution >= 4 is 31.9 Å². The number of carboxylic acid groups (broad SMARTS) is 1. The zero-order chi connectivity index (χ0) is 15.6. The number of aromatic carboxylic acids is 1. The molecule has 1 aliphatic rings. The van der Waals surface area contributed by atoms with Crippen molar-refractivity contribution in [3.8, 4) is 0 Å². The number of hydrogen-bond acceptors (Lipinski definition) is 4. The van der Waals surface area contributed by atoms with Gasteiger partial charge in [0.05, 0.1) is 16.6 Å². The lowest BCUT2D eigenvalue weighted by Gasteiger charge is -2.19. The second-order valence-corrected chi connectivity index (χ2v) is 7.45. The molecule has 2 unspecified atom stereocenters. The summed E-state index contributed by atoms with van der Waals surface area (Å²) in [5.74, 6) is -1.19. The molecule has 6 nitrogen and oxygen atoms in total. The van der Waals surface area contributed by atoms with Crippen LogP contribution in [0.25, 0.3) is 0 Å². The minimum Gasteiger partial charge on any atom is -0.478 e. The predicted molar refractivity (Wildman–Crippen MR) is 79.9 cm³/mol. The standard InChI is InChI=1S/C13H16BrNO5S/c1-20-12-4-2-3-11(12)15-21(18,19)8-5-6-10(14)9(7-8)13(16)17/h5-7,11-12,15H,2-4H2,1H3,(H,16,17). The fraction of sp³-hybridized carbons (Fsp3) is 0.462. The van der Waals surface area contributed by atoms with Gasteiger partial charge >= 0.3 is 5.97 Å². The molecule has 1 aromatic carbocycles. The van der Waals surface area contributed by atoms with Crippen LogP contribution in [0.4, 0.5) is 0 Å². The number of sulfonamides is 1. The monoisotopic (exact) mass is 377 g/mol. The van der Waals surface area contributed by atoms with Crippen LogP contribution in [-0.2, 0) is 14.8 Å². The molecule has 2 N–H and O–H groups in total. The van der Waals surface area contributed by atoms with Crippen molar-refractivity contribution in [1.82, 2.24) is 4.72 Å². The molecule has 8 heteroatoms. The highest BCUT2D eigenvalue weighted by molar-refractivity contribution is 9.10. The fourth-order valence-electron chi connectivity index (χ4n) is 2.45. The van der Waals surface area contributed by atoms with E-state index in [1.807, 2.05) is 0 Å². The van der Waals surface area contributed by atoms with Crippen LogP contribution in [0.5, 0.6) is 0 Å². The zero-order valence-electron chi connectivity index (χ0n) is 11.4. The molecule has 0 bridgehead atoms. The SMILES string of the molecule is COC1CCCC1NS(=O)(=O)c1ccc(Br)c(C(=O)O)c1. The number of methoxy groups -OCH3 is 1. The first-order valence-corrected chi connectivity index (χ1v) is 8.70. The molecule has 1 saturated carbocycles. The highest BCUT2D eigenvalue weighted by Gasteiger charge is 2.31. The van der Waals surface area contributed by atoms with Gasteiger partial charge in [0.1, 0.15) is 0 Å². The van der Waals surface area contributed by atoms with Gasteiger partial charge in [0.25, 0.3) is 0 Å². The number of halogens is 1. The lowest BCUT2D eigenvalue weighted by atomic mass is 10.2. The Morgan fingerprint density at radius 2 is 2.14 bits per heavy atom. The molecule has 0 radical (unpaired) electrons. The van der Waals surface area contributed by atoms with Gasteiger partial charge in [-0.25, -0.2) is 17.9 Å². The number of nitrogens with one attached hydrogen (secondary N) is 1. The molecule has 116 valence electrons. The first-order valence-electron chi connectivity index (χ1n) is 6.43. The van der Waals surface area contributed by atoms with Crippen molar-refractivity contribution in [2.75, 3.05) is 7.11 Å². The van der Waals surface area contributed by atoms with E-state index in [9.17, 15) is 13.2 Å². The third-order valence-electron chi connectivity index (χ3n) is 3.54. The summed E-state index contributed by atoms with van der Waals surface area (Å²) < 4.78 is 32.9. The van der Waals surface area contributed by atoms with E-state index < -0.39 is 16.0 Å². The number of benzene rings is 1. The summed E-state index contributed by atoms with van der Waals surface area (Å²) in [5, 5.41) is 9.05. The van der Waals surface area contributed by atoms with Crippen molar-refractivity contribution < 1.29 is 23.1 Å². The minimum atomic E-state index is -3.77. The van der Waals surface area contributed by atoms with Crippen LogP contribution in [-0.4, -0.2) is 38.7 Å². The molecule has 0 aliphatic heterocycles.